The first-order valence-corrected chi connectivity index (χ1v) is 14.5. The van der Waals surface area contributed by atoms with Crippen molar-refractivity contribution in [3.63, 3.8) is 0 Å². The lowest BCUT2D eigenvalue weighted by Crippen LogP contribution is -2.39. The summed E-state index contributed by atoms with van der Waals surface area (Å²) in [4.78, 5) is 17.5. The van der Waals surface area contributed by atoms with E-state index in [4.69, 9.17) is 11.5 Å². The lowest BCUT2D eigenvalue weighted by molar-refractivity contribution is -0.0220. The van der Waals surface area contributed by atoms with E-state index in [9.17, 15) is 22.0 Å². The predicted octanol–water partition coefficient (Wildman–Crippen LogP) is 4.12. The number of rotatable bonds is 5. The second-order valence-electron chi connectivity index (χ2n) is 10.7. The minimum Gasteiger partial charge on any atom is -0.397 e. The molecular formula is C26H33F2N5O3S. The second-order valence-corrected chi connectivity index (χ2v) is 12.7. The topological polar surface area (TPSA) is 122 Å². The molecule has 1 amide bonds. The van der Waals surface area contributed by atoms with Crippen LogP contribution in [0, 0.1) is 5.41 Å². The zero-order valence-electron chi connectivity index (χ0n) is 20.9. The highest BCUT2D eigenvalue weighted by atomic mass is 32.2. The van der Waals surface area contributed by atoms with Crippen LogP contribution in [-0.4, -0.2) is 52.7 Å². The summed E-state index contributed by atoms with van der Waals surface area (Å²) in [6, 6.07) is 7.74. The summed E-state index contributed by atoms with van der Waals surface area (Å²) in [5.41, 5.74) is 15.1. The quantitative estimate of drug-likeness (QED) is 0.494. The lowest BCUT2D eigenvalue weighted by Gasteiger charge is -2.35. The molecule has 2 aromatic carbocycles. The smallest absolute Gasteiger partial charge is 0.257 e. The number of piperidine rings is 2. The van der Waals surface area contributed by atoms with Gasteiger partial charge in [0.05, 0.1) is 33.2 Å². The fraction of sp³-hybridized carbons (Fsp3) is 0.500. The summed E-state index contributed by atoms with van der Waals surface area (Å²) < 4.78 is 51.8. The van der Waals surface area contributed by atoms with E-state index in [0.29, 0.717) is 28.0 Å². The number of anilines is 5. The summed E-state index contributed by atoms with van der Waals surface area (Å²) in [7, 11) is -3.46. The third-order valence-corrected chi connectivity index (χ3v) is 9.16. The van der Waals surface area contributed by atoms with Crippen molar-refractivity contribution in [2.24, 2.45) is 5.41 Å². The first kappa shape index (κ1) is 25.6. The van der Waals surface area contributed by atoms with Gasteiger partial charge in [0.25, 0.3) is 11.8 Å². The Morgan fingerprint density at radius 3 is 2.08 bits per heavy atom. The number of nitrogens with two attached hydrogens (primary N) is 2. The van der Waals surface area contributed by atoms with Crippen molar-refractivity contribution in [2.45, 2.75) is 49.3 Å². The number of hydrogen-bond donors (Lipinski definition) is 3. The Labute approximate surface area is 215 Å². The normalized spacial score (nSPS) is 20.6. The molecule has 0 unspecified atom stereocenters. The average Bonchev–Trinajstić information content (AvgIpc) is 3.59. The van der Waals surface area contributed by atoms with Crippen LogP contribution in [0.15, 0.2) is 35.2 Å². The van der Waals surface area contributed by atoms with Crippen molar-refractivity contribution < 1.29 is 22.0 Å². The Kier molecular flexibility index (Phi) is 6.24. The molecule has 2 aromatic rings. The fourth-order valence-electron chi connectivity index (χ4n) is 5.36. The van der Waals surface area contributed by atoms with Gasteiger partial charge in [-0.25, -0.2) is 17.2 Å². The highest BCUT2D eigenvalue weighted by Crippen LogP contribution is 2.54. The van der Waals surface area contributed by atoms with Crippen LogP contribution in [-0.2, 0) is 9.84 Å². The number of nitrogens with zero attached hydrogens (tertiary/aromatic N) is 2. The van der Waals surface area contributed by atoms with Crippen LogP contribution in [0.5, 0.6) is 0 Å². The molecule has 2 saturated heterocycles. The van der Waals surface area contributed by atoms with E-state index in [0.717, 1.165) is 32.2 Å². The van der Waals surface area contributed by atoms with Crippen LogP contribution >= 0.6 is 0 Å². The highest BCUT2D eigenvalue weighted by molar-refractivity contribution is 7.90. The third-order valence-electron chi connectivity index (χ3n) is 8.05. The standard InChI is InChI=1S/C26H33F2N5O3S/c1-37(35,36)18-2-3-19(21(16-18)32-10-6-25(4-5-25)7-11-32)24(34)31-17-14-20(29)23(30)22(15-17)33-12-8-26(27,28)9-13-33/h2-3,14-16H,4-13,29-30H2,1H3,(H,31,34). The van der Waals surface area contributed by atoms with Crippen LogP contribution in [0.2, 0.25) is 0 Å². The lowest BCUT2D eigenvalue weighted by atomic mass is 9.93. The van der Waals surface area contributed by atoms with E-state index < -0.39 is 21.7 Å². The van der Waals surface area contributed by atoms with Gasteiger partial charge in [0, 0.05) is 51.0 Å². The zero-order chi connectivity index (χ0) is 26.6. The van der Waals surface area contributed by atoms with E-state index in [1.165, 1.54) is 31.0 Å². The summed E-state index contributed by atoms with van der Waals surface area (Å²) >= 11 is 0. The zero-order valence-corrected chi connectivity index (χ0v) is 21.7. The van der Waals surface area contributed by atoms with Crippen molar-refractivity contribution in [3.8, 4) is 0 Å². The van der Waals surface area contributed by atoms with Gasteiger partial charge in [0.2, 0.25) is 0 Å². The molecule has 2 heterocycles. The van der Waals surface area contributed by atoms with Crippen molar-refractivity contribution in [2.75, 3.05) is 59.0 Å². The molecule has 0 radical (unpaired) electrons. The molecule has 1 aliphatic carbocycles. The van der Waals surface area contributed by atoms with Crippen LogP contribution in [0.4, 0.5) is 37.2 Å². The number of sulfone groups is 1. The molecule has 37 heavy (non-hydrogen) atoms. The van der Waals surface area contributed by atoms with Gasteiger partial charge in [-0.3, -0.25) is 4.79 Å². The number of benzene rings is 2. The minimum atomic E-state index is -3.46. The van der Waals surface area contributed by atoms with Gasteiger partial charge in [-0.2, -0.15) is 0 Å². The van der Waals surface area contributed by atoms with Gasteiger partial charge in [-0.15, -0.1) is 0 Å². The molecule has 1 spiro atoms. The summed E-state index contributed by atoms with van der Waals surface area (Å²) in [5.74, 6) is -3.12. The maximum absolute atomic E-state index is 13.7. The number of alkyl halides is 2. The Hall–Kier alpha value is -3.08. The van der Waals surface area contributed by atoms with Crippen LogP contribution in [0.3, 0.4) is 0 Å². The number of carbonyl (C=O) groups is 1. The van der Waals surface area contributed by atoms with E-state index >= 15 is 0 Å². The molecule has 5 N–H and O–H groups in total. The first-order chi connectivity index (χ1) is 17.4. The molecule has 1 saturated carbocycles. The summed E-state index contributed by atoms with van der Waals surface area (Å²) in [5, 5.41) is 2.86. The highest BCUT2D eigenvalue weighted by Gasteiger charge is 2.44. The van der Waals surface area contributed by atoms with Crippen LogP contribution < -0.4 is 26.6 Å². The number of amides is 1. The molecule has 3 aliphatic rings. The largest absolute Gasteiger partial charge is 0.397 e. The van der Waals surface area contributed by atoms with Crippen molar-refractivity contribution in [3.05, 3.63) is 35.9 Å². The molecule has 200 valence electrons. The molecule has 0 bridgehead atoms. The monoisotopic (exact) mass is 533 g/mol. The van der Waals surface area contributed by atoms with Crippen molar-refractivity contribution in [1.82, 2.24) is 0 Å². The third kappa shape index (κ3) is 5.32. The molecular weight excluding hydrogens is 500 g/mol. The molecule has 0 aromatic heterocycles. The average molecular weight is 534 g/mol. The van der Waals surface area contributed by atoms with Gasteiger partial charge in [0.15, 0.2) is 9.84 Å². The van der Waals surface area contributed by atoms with E-state index in [2.05, 4.69) is 10.2 Å². The number of carbonyl (C=O) groups excluding carboxylic acids is 1. The Balaban J connectivity index is 1.42. The number of nitrogen functional groups attached to an aromatic ring is 2. The Morgan fingerprint density at radius 2 is 1.49 bits per heavy atom. The van der Waals surface area contributed by atoms with Crippen molar-refractivity contribution in [1.29, 1.82) is 0 Å². The molecule has 5 rings (SSSR count). The molecule has 8 nitrogen and oxygen atoms in total. The first-order valence-electron chi connectivity index (χ1n) is 12.6. The summed E-state index contributed by atoms with van der Waals surface area (Å²) in [6.45, 7) is 1.77. The Morgan fingerprint density at radius 1 is 0.892 bits per heavy atom. The maximum atomic E-state index is 13.7. The van der Waals surface area contributed by atoms with Gasteiger partial charge in [-0.05, 0) is 61.4 Å². The molecule has 3 fully saturated rings. The maximum Gasteiger partial charge on any atom is 0.257 e. The molecule has 0 atom stereocenters. The van der Waals surface area contributed by atoms with Crippen LogP contribution in [0.25, 0.3) is 0 Å². The number of hydrogen-bond acceptors (Lipinski definition) is 7. The molecule has 11 heteroatoms. The van der Waals surface area contributed by atoms with Gasteiger partial charge >= 0.3 is 0 Å². The number of halogens is 2. The predicted molar refractivity (Wildman–Crippen MR) is 142 cm³/mol. The van der Waals surface area contributed by atoms with Gasteiger partial charge in [0.1, 0.15) is 0 Å². The van der Waals surface area contributed by atoms with Gasteiger partial charge < -0.3 is 26.6 Å². The second kappa shape index (κ2) is 9.04. The van der Waals surface area contributed by atoms with Crippen molar-refractivity contribution >= 4 is 44.2 Å². The molecule has 2 aliphatic heterocycles. The van der Waals surface area contributed by atoms with E-state index in [1.807, 2.05) is 0 Å². The minimum absolute atomic E-state index is 0.127. The summed E-state index contributed by atoms with van der Waals surface area (Å²) in [6.07, 6.45) is 5.08. The van der Waals surface area contributed by atoms with E-state index in [1.54, 1.807) is 17.0 Å². The van der Waals surface area contributed by atoms with Crippen LogP contribution in [0.1, 0.15) is 48.9 Å². The SMILES string of the molecule is CS(=O)(=O)c1ccc(C(=O)Nc2cc(N)c(N)c(N3CCC(F)(F)CC3)c2)c(N2CCC3(CC2)CC3)c1. The fourth-order valence-corrected chi connectivity index (χ4v) is 6.00. The van der Waals surface area contributed by atoms with Gasteiger partial charge in [-0.1, -0.05) is 0 Å². The van der Waals surface area contributed by atoms with E-state index in [-0.39, 0.29) is 42.2 Å². The Bertz CT molecular complexity index is 1320. The number of nitrogens with one attached hydrogen (secondary N) is 1.